The molecular formula is C12H15N2Na2O9P. The van der Waals surface area contributed by atoms with Gasteiger partial charge in [-0.25, -0.2) is 0 Å². The molecule has 4 atom stereocenters. The van der Waals surface area contributed by atoms with E-state index in [1.807, 2.05) is 0 Å². The van der Waals surface area contributed by atoms with Crippen LogP contribution >= 0.6 is 7.82 Å². The van der Waals surface area contributed by atoms with Gasteiger partial charge < -0.3 is 39.1 Å². The third-order valence-corrected chi connectivity index (χ3v) is 3.89. The predicted octanol–water partition coefficient (Wildman–Crippen LogP) is -7.65. The Morgan fingerprint density at radius 2 is 1.85 bits per heavy atom. The molecule has 1 saturated heterocycles. The fourth-order valence-corrected chi connectivity index (χ4v) is 2.57. The Labute approximate surface area is 193 Å². The number of rotatable bonds is 7. The fourth-order valence-electron chi connectivity index (χ4n) is 2.24. The summed E-state index contributed by atoms with van der Waals surface area (Å²) in [5.41, 5.74) is 0.277. The monoisotopic (exact) mass is 408 g/mol. The van der Waals surface area contributed by atoms with Gasteiger partial charge in [-0.3, -0.25) is 10.1 Å². The minimum atomic E-state index is -5.21. The van der Waals surface area contributed by atoms with E-state index < -0.39 is 43.8 Å². The molecule has 0 bridgehead atoms. The molecule has 134 valence electrons. The predicted molar refractivity (Wildman–Crippen MR) is 75.8 cm³/mol. The molecule has 3 N–H and O–H groups in total. The Bertz CT molecular complexity index is 647. The van der Waals surface area contributed by atoms with Crippen molar-refractivity contribution in [1.82, 2.24) is 0 Å². The summed E-state index contributed by atoms with van der Waals surface area (Å²) in [4.78, 5) is 31.0. The number of nitro benzene ring substituents is 1. The molecule has 0 aliphatic carbocycles. The number of benzene rings is 1. The Hall–Kier alpha value is 0.410. The number of nitro groups is 1. The molecule has 0 amide bonds. The van der Waals surface area contributed by atoms with Gasteiger partial charge in [-0.1, -0.05) is 6.07 Å². The molecule has 1 aromatic rings. The summed E-state index contributed by atoms with van der Waals surface area (Å²) in [7, 11) is -5.21. The number of ether oxygens (including phenoxy) is 1. The van der Waals surface area contributed by atoms with E-state index in [1.54, 1.807) is 6.07 Å². The van der Waals surface area contributed by atoms with E-state index in [4.69, 9.17) is 4.74 Å². The first kappa shape index (κ1) is 26.4. The molecule has 1 aliphatic rings. The van der Waals surface area contributed by atoms with Crippen molar-refractivity contribution in [3.8, 4) is 0 Å². The number of nitrogens with zero attached hydrogens (tertiary/aromatic N) is 1. The van der Waals surface area contributed by atoms with Crippen molar-refractivity contribution < 1.29 is 97.9 Å². The molecule has 0 spiro atoms. The molecule has 1 aliphatic heterocycles. The van der Waals surface area contributed by atoms with Gasteiger partial charge in [-0.15, -0.1) is 0 Å². The molecule has 1 fully saturated rings. The number of non-ortho nitro benzene ring substituents is 1. The van der Waals surface area contributed by atoms with Crippen LogP contribution in [0.25, 0.3) is 0 Å². The fraction of sp³-hybridized carbons (Fsp3) is 0.500. The number of phosphoric ester groups is 1. The molecule has 26 heavy (non-hydrogen) atoms. The SMILES string of the molecule is O=[N+]([O-])c1cccc(NC[C@H]2O[C@H](COP(=O)([O-])[O-])[C@@H](O)[C@H]2O)c1.[Na+].[Na+]. The number of anilines is 1. The largest absolute Gasteiger partial charge is 1.00 e. The second-order valence-electron chi connectivity index (χ2n) is 5.13. The van der Waals surface area contributed by atoms with Gasteiger partial charge in [0.1, 0.15) is 24.4 Å². The number of aliphatic hydroxyl groups is 2. The van der Waals surface area contributed by atoms with Gasteiger partial charge in [0, 0.05) is 24.4 Å². The van der Waals surface area contributed by atoms with Crippen molar-refractivity contribution >= 4 is 19.2 Å². The van der Waals surface area contributed by atoms with E-state index in [2.05, 4.69) is 9.84 Å². The van der Waals surface area contributed by atoms with Crippen LogP contribution in [0.1, 0.15) is 0 Å². The zero-order valence-electron chi connectivity index (χ0n) is 14.2. The van der Waals surface area contributed by atoms with Gasteiger partial charge in [0.2, 0.25) is 0 Å². The number of aliphatic hydroxyl groups excluding tert-OH is 2. The van der Waals surface area contributed by atoms with E-state index >= 15 is 0 Å². The molecule has 0 aromatic heterocycles. The van der Waals surface area contributed by atoms with Crippen LogP contribution in [-0.4, -0.2) is 52.7 Å². The second kappa shape index (κ2) is 11.4. The van der Waals surface area contributed by atoms with Crippen molar-refractivity contribution in [2.45, 2.75) is 24.4 Å². The van der Waals surface area contributed by atoms with Gasteiger partial charge in [0.05, 0.1) is 19.4 Å². The van der Waals surface area contributed by atoms with Crippen molar-refractivity contribution in [2.24, 2.45) is 0 Å². The van der Waals surface area contributed by atoms with Gasteiger partial charge in [0.25, 0.3) is 5.69 Å². The molecule has 2 rings (SSSR count). The summed E-state index contributed by atoms with van der Waals surface area (Å²) in [6.07, 6.45) is -4.89. The smallest absolute Gasteiger partial charge is 0.790 e. The van der Waals surface area contributed by atoms with Crippen LogP contribution in [-0.2, 0) is 13.8 Å². The summed E-state index contributed by atoms with van der Waals surface area (Å²) in [6.45, 7) is -0.724. The maximum Gasteiger partial charge on any atom is 1.00 e. The summed E-state index contributed by atoms with van der Waals surface area (Å²) in [6, 6.07) is 5.63. The van der Waals surface area contributed by atoms with Gasteiger partial charge in [-0.2, -0.15) is 0 Å². The zero-order valence-corrected chi connectivity index (χ0v) is 19.1. The average Bonchev–Trinajstić information content (AvgIpc) is 2.78. The van der Waals surface area contributed by atoms with Crippen molar-refractivity contribution in [3.63, 3.8) is 0 Å². The molecule has 0 saturated carbocycles. The van der Waals surface area contributed by atoms with E-state index in [9.17, 15) is 34.7 Å². The van der Waals surface area contributed by atoms with Crippen LogP contribution in [0, 0.1) is 10.1 Å². The van der Waals surface area contributed by atoms with E-state index in [1.165, 1.54) is 18.2 Å². The average molecular weight is 408 g/mol. The minimum absolute atomic E-state index is 0. The first-order chi connectivity index (χ1) is 11.2. The van der Waals surface area contributed by atoms with Gasteiger partial charge >= 0.3 is 59.1 Å². The van der Waals surface area contributed by atoms with Crippen molar-refractivity contribution in [1.29, 1.82) is 0 Å². The molecular weight excluding hydrogens is 393 g/mol. The first-order valence-electron chi connectivity index (χ1n) is 6.84. The molecule has 11 nitrogen and oxygen atoms in total. The van der Waals surface area contributed by atoms with Crippen LogP contribution in [0.15, 0.2) is 24.3 Å². The summed E-state index contributed by atoms with van der Waals surface area (Å²) >= 11 is 0. The van der Waals surface area contributed by atoms with Crippen LogP contribution < -0.4 is 74.2 Å². The topological polar surface area (TPSA) is 177 Å². The first-order valence-corrected chi connectivity index (χ1v) is 8.30. The van der Waals surface area contributed by atoms with Crippen LogP contribution in [0.2, 0.25) is 0 Å². The van der Waals surface area contributed by atoms with E-state index in [-0.39, 0.29) is 71.3 Å². The molecule has 1 heterocycles. The quantitative estimate of drug-likeness (QED) is 0.170. The zero-order chi connectivity index (χ0) is 17.9. The molecule has 0 unspecified atom stereocenters. The number of phosphoric acid groups is 1. The van der Waals surface area contributed by atoms with Crippen molar-refractivity contribution in [2.75, 3.05) is 18.5 Å². The Morgan fingerprint density at radius 3 is 2.42 bits per heavy atom. The molecule has 1 aromatic carbocycles. The Morgan fingerprint density at radius 1 is 1.23 bits per heavy atom. The second-order valence-corrected chi connectivity index (χ2v) is 6.28. The number of hydrogen-bond donors (Lipinski definition) is 3. The van der Waals surface area contributed by atoms with E-state index in [0.29, 0.717) is 5.69 Å². The standard InChI is InChI=1S/C12H17N2O9P.2Na/c15-11-9(23-10(12(11)16)6-22-24(19,20)21)5-13-7-2-1-3-8(4-7)14(17)18;;/h1-4,9-13,15-16H,5-6H2,(H2,19,20,21);;/q;2*+1/p-2/t9-,10-,11+,12-;;/m1../s1. The minimum Gasteiger partial charge on any atom is -0.790 e. The number of nitrogens with one attached hydrogen (secondary N) is 1. The number of hydrogen-bond acceptors (Lipinski definition) is 10. The molecule has 14 heteroatoms. The van der Waals surface area contributed by atoms with E-state index in [0.717, 1.165) is 0 Å². The van der Waals surface area contributed by atoms with Crippen LogP contribution in [0.3, 0.4) is 0 Å². The van der Waals surface area contributed by atoms with Gasteiger partial charge in [-0.05, 0) is 6.07 Å². The van der Waals surface area contributed by atoms with Crippen molar-refractivity contribution in [3.05, 3.63) is 34.4 Å². The summed E-state index contributed by atoms with van der Waals surface area (Å²) < 4.78 is 19.7. The van der Waals surface area contributed by atoms with Crippen LogP contribution in [0.5, 0.6) is 0 Å². The maximum absolute atomic E-state index is 10.7. The normalized spacial score (nSPS) is 25.1. The van der Waals surface area contributed by atoms with Gasteiger partial charge in [0.15, 0.2) is 0 Å². The molecule has 0 radical (unpaired) electrons. The Balaban J connectivity index is 0.00000312. The summed E-state index contributed by atoms with van der Waals surface area (Å²) in [5.74, 6) is 0. The maximum atomic E-state index is 10.7. The van der Waals surface area contributed by atoms with Crippen LogP contribution in [0.4, 0.5) is 11.4 Å². The third-order valence-electron chi connectivity index (χ3n) is 3.42. The summed E-state index contributed by atoms with van der Waals surface area (Å²) in [5, 5.41) is 33.1. The Kier molecular flexibility index (Phi) is 11.6. The third kappa shape index (κ3) is 7.80.